The molecule has 17 heavy (non-hydrogen) atoms. The van der Waals surface area contributed by atoms with Gasteiger partial charge in [0.1, 0.15) is 0 Å². The first kappa shape index (κ1) is 12.4. The average Bonchev–Trinajstić information content (AvgIpc) is 2.29. The fourth-order valence-electron chi connectivity index (χ4n) is 2.82. The van der Waals surface area contributed by atoms with Crippen molar-refractivity contribution in [2.45, 2.75) is 45.1 Å². The van der Waals surface area contributed by atoms with Crippen LogP contribution in [0, 0.1) is 5.41 Å². The summed E-state index contributed by atoms with van der Waals surface area (Å²) in [4.78, 5) is 11.7. The number of ether oxygens (including phenoxy) is 1. The summed E-state index contributed by atoms with van der Waals surface area (Å²) in [6.07, 6.45) is 9.19. The molecule has 0 aromatic rings. The Morgan fingerprint density at radius 3 is 2.88 bits per heavy atom. The molecule has 2 aliphatic carbocycles. The summed E-state index contributed by atoms with van der Waals surface area (Å²) < 4.78 is 5.00. The molecule has 0 bridgehead atoms. The van der Waals surface area contributed by atoms with Crippen molar-refractivity contribution in [1.29, 1.82) is 0 Å². The van der Waals surface area contributed by atoms with Gasteiger partial charge in [-0.15, -0.1) is 0 Å². The average molecular weight is 236 g/mol. The Kier molecular flexibility index (Phi) is 3.13. The van der Waals surface area contributed by atoms with Crippen LogP contribution in [0.3, 0.4) is 0 Å². The van der Waals surface area contributed by atoms with Gasteiger partial charge < -0.3 is 9.84 Å². The zero-order chi connectivity index (χ0) is 12.5. The second-order valence-electron chi connectivity index (χ2n) is 5.20. The van der Waals surface area contributed by atoms with Gasteiger partial charge in [0.15, 0.2) is 0 Å². The lowest BCUT2D eigenvalue weighted by atomic mass is 9.61. The van der Waals surface area contributed by atoms with E-state index in [2.05, 4.69) is 0 Å². The molecule has 0 heterocycles. The molecule has 0 saturated heterocycles. The maximum Gasteiger partial charge on any atom is 0.337 e. The number of hydrogen-bond acceptors (Lipinski definition) is 3. The summed E-state index contributed by atoms with van der Waals surface area (Å²) in [6, 6.07) is 0. The molecule has 1 N–H and O–H groups in total. The van der Waals surface area contributed by atoms with Gasteiger partial charge in [-0.1, -0.05) is 31.9 Å². The van der Waals surface area contributed by atoms with Crippen molar-refractivity contribution in [3.05, 3.63) is 23.8 Å². The number of carbonyl (C=O) groups excluding carboxylic acids is 1. The monoisotopic (exact) mass is 236 g/mol. The molecule has 0 amide bonds. The number of rotatable bonds is 2. The van der Waals surface area contributed by atoms with Gasteiger partial charge in [0.2, 0.25) is 0 Å². The van der Waals surface area contributed by atoms with Crippen LogP contribution in [0.25, 0.3) is 0 Å². The number of fused-ring (bicyclic) bond motifs is 1. The van der Waals surface area contributed by atoms with Crippen molar-refractivity contribution >= 4 is 5.97 Å². The van der Waals surface area contributed by atoms with E-state index in [4.69, 9.17) is 4.74 Å². The first-order valence-corrected chi connectivity index (χ1v) is 6.32. The molecular formula is C14H20O3. The number of aliphatic hydroxyl groups is 1. The van der Waals surface area contributed by atoms with Crippen LogP contribution in [0.4, 0.5) is 0 Å². The third-order valence-electron chi connectivity index (χ3n) is 4.02. The highest BCUT2D eigenvalue weighted by molar-refractivity contribution is 5.92. The van der Waals surface area contributed by atoms with Crippen LogP contribution >= 0.6 is 0 Å². The number of hydrogen-bond donors (Lipinski definition) is 1. The molecule has 2 aliphatic rings. The fourth-order valence-corrected chi connectivity index (χ4v) is 2.82. The van der Waals surface area contributed by atoms with Crippen LogP contribution in [0.5, 0.6) is 0 Å². The van der Waals surface area contributed by atoms with Crippen LogP contribution in [0.15, 0.2) is 23.8 Å². The van der Waals surface area contributed by atoms with E-state index in [0.717, 1.165) is 25.7 Å². The van der Waals surface area contributed by atoms with E-state index in [1.165, 1.54) is 0 Å². The fraction of sp³-hybridized carbons (Fsp3) is 0.643. The number of carbonyl (C=O) groups is 1. The van der Waals surface area contributed by atoms with Crippen LogP contribution < -0.4 is 0 Å². The molecule has 0 spiro atoms. The summed E-state index contributed by atoms with van der Waals surface area (Å²) in [7, 11) is 0. The van der Waals surface area contributed by atoms with Crippen molar-refractivity contribution in [3.8, 4) is 0 Å². The van der Waals surface area contributed by atoms with Crippen LogP contribution in [0.2, 0.25) is 0 Å². The topological polar surface area (TPSA) is 46.5 Å². The zero-order valence-electron chi connectivity index (χ0n) is 10.5. The molecule has 0 aromatic carbocycles. The van der Waals surface area contributed by atoms with Gasteiger partial charge in [-0.05, 0) is 25.8 Å². The van der Waals surface area contributed by atoms with Gasteiger partial charge in [-0.3, -0.25) is 0 Å². The van der Waals surface area contributed by atoms with E-state index in [-0.39, 0.29) is 11.4 Å². The molecule has 94 valence electrons. The van der Waals surface area contributed by atoms with Crippen molar-refractivity contribution in [2.24, 2.45) is 5.41 Å². The lowest BCUT2D eigenvalue weighted by Gasteiger charge is -2.47. The smallest absolute Gasteiger partial charge is 0.337 e. The van der Waals surface area contributed by atoms with E-state index >= 15 is 0 Å². The van der Waals surface area contributed by atoms with E-state index in [0.29, 0.717) is 12.2 Å². The van der Waals surface area contributed by atoms with Gasteiger partial charge >= 0.3 is 5.97 Å². The maximum atomic E-state index is 11.7. The highest BCUT2D eigenvalue weighted by atomic mass is 16.5. The number of esters is 1. The molecule has 2 rings (SSSR count). The minimum atomic E-state index is -0.790. The second-order valence-corrected chi connectivity index (χ2v) is 5.20. The van der Waals surface area contributed by atoms with Crippen molar-refractivity contribution in [3.63, 3.8) is 0 Å². The Morgan fingerprint density at radius 2 is 2.18 bits per heavy atom. The first-order valence-electron chi connectivity index (χ1n) is 6.32. The van der Waals surface area contributed by atoms with Gasteiger partial charge in [0.25, 0.3) is 0 Å². The van der Waals surface area contributed by atoms with Gasteiger partial charge in [-0.2, -0.15) is 0 Å². The Labute approximate surface area is 102 Å². The van der Waals surface area contributed by atoms with Crippen molar-refractivity contribution < 1.29 is 14.6 Å². The Bertz CT molecular complexity index is 383. The largest absolute Gasteiger partial charge is 0.462 e. The molecule has 0 radical (unpaired) electrons. The summed E-state index contributed by atoms with van der Waals surface area (Å²) in [5.41, 5.74) is -0.551. The molecule has 2 atom stereocenters. The summed E-state index contributed by atoms with van der Waals surface area (Å²) in [5.74, 6) is -0.294. The Hall–Kier alpha value is -1.09. The normalized spacial score (nSPS) is 36.1. The zero-order valence-corrected chi connectivity index (χ0v) is 10.5. The van der Waals surface area contributed by atoms with Gasteiger partial charge in [0.05, 0.1) is 17.8 Å². The lowest BCUT2D eigenvalue weighted by Crippen LogP contribution is -2.48. The standard InChI is InChI=1S/C14H20O3/c1-3-17-12(15)11-6-9-14(16)8-5-4-7-13(14,2)10-11/h6,9-10,16H,3-5,7-8H2,1-2H3/t13-,14+/m1/s1. The highest BCUT2D eigenvalue weighted by Gasteiger charge is 2.47. The third-order valence-corrected chi connectivity index (χ3v) is 4.02. The van der Waals surface area contributed by atoms with Crippen molar-refractivity contribution in [1.82, 2.24) is 0 Å². The van der Waals surface area contributed by atoms with Gasteiger partial charge in [-0.25, -0.2) is 4.79 Å². The Morgan fingerprint density at radius 1 is 1.47 bits per heavy atom. The van der Waals surface area contributed by atoms with Crippen LogP contribution in [0.1, 0.15) is 39.5 Å². The minimum absolute atomic E-state index is 0.294. The highest BCUT2D eigenvalue weighted by Crippen LogP contribution is 2.48. The van der Waals surface area contributed by atoms with E-state index < -0.39 is 5.60 Å². The molecule has 0 aliphatic heterocycles. The maximum absolute atomic E-state index is 11.7. The molecule has 1 saturated carbocycles. The molecule has 3 heteroatoms. The third kappa shape index (κ3) is 2.04. The predicted octanol–water partition coefficient (Wildman–Crippen LogP) is 2.36. The first-order chi connectivity index (χ1) is 8.01. The quantitative estimate of drug-likeness (QED) is 0.749. The molecule has 0 aromatic heterocycles. The van der Waals surface area contributed by atoms with Gasteiger partial charge in [0, 0.05) is 5.41 Å². The van der Waals surface area contributed by atoms with E-state index in [1.807, 2.05) is 13.0 Å². The molecule has 0 unspecified atom stereocenters. The van der Waals surface area contributed by atoms with Crippen LogP contribution in [-0.4, -0.2) is 23.3 Å². The van der Waals surface area contributed by atoms with Crippen molar-refractivity contribution in [2.75, 3.05) is 6.61 Å². The van der Waals surface area contributed by atoms with E-state index in [1.54, 1.807) is 19.1 Å². The Balaban J connectivity index is 2.27. The summed E-state index contributed by atoms with van der Waals surface area (Å²) in [5, 5.41) is 10.6. The SMILES string of the molecule is CCOC(=O)C1=C[C@@]2(C)CCCC[C@]2(O)C=C1. The van der Waals surface area contributed by atoms with Crippen LogP contribution in [-0.2, 0) is 9.53 Å². The lowest BCUT2D eigenvalue weighted by molar-refractivity contribution is -0.138. The summed E-state index contributed by atoms with van der Waals surface area (Å²) >= 11 is 0. The predicted molar refractivity (Wildman–Crippen MR) is 65.4 cm³/mol. The minimum Gasteiger partial charge on any atom is -0.462 e. The molecule has 3 nitrogen and oxygen atoms in total. The second kappa shape index (κ2) is 4.30. The van der Waals surface area contributed by atoms with E-state index in [9.17, 15) is 9.90 Å². The molecular weight excluding hydrogens is 216 g/mol. The molecule has 1 fully saturated rings. The summed E-state index contributed by atoms with van der Waals surface area (Å²) in [6.45, 7) is 4.20.